The molecule has 5 rings (SSSR count). The fraction of sp³-hybridized carbons (Fsp3) is 0.250. The van der Waals surface area contributed by atoms with Crippen LogP contribution in [-0.4, -0.2) is 40.0 Å². The molecule has 1 atom stereocenters. The number of benzene rings is 1. The summed E-state index contributed by atoms with van der Waals surface area (Å²) in [6.07, 6.45) is 10.5. The first-order valence-corrected chi connectivity index (χ1v) is 11.1. The predicted octanol–water partition coefficient (Wildman–Crippen LogP) is 3.19. The third-order valence-electron chi connectivity index (χ3n) is 5.65. The van der Waals surface area contributed by atoms with Crippen molar-refractivity contribution in [3.63, 3.8) is 0 Å². The second-order valence-corrected chi connectivity index (χ2v) is 7.95. The first kappa shape index (κ1) is 21.5. The number of allylic oxidation sites excluding steroid dienone is 3. The molecule has 1 aliphatic heterocycles. The summed E-state index contributed by atoms with van der Waals surface area (Å²) in [4.78, 5) is 31.6. The van der Waals surface area contributed by atoms with E-state index in [-0.39, 0.29) is 24.2 Å². The summed E-state index contributed by atoms with van der Waals surface area (Å²) in [5.41, 5.74) is 2.69. The highest BCUT2D eigenvalue weighted by molar-refractivity contribution is 5.93. The third kappa shape index (κ3) is 4.56. The van der Waals surface area contributed by atoms with Crippen molar-refractivity contribution >= 4 is 22.7 Å². The summed E-state index contributed by atoms with van der Waals surface area (Å²) >= 11 is 0. The van der Waals surface area contributed by atoms with E-state index < -0.39 is 0 Å². The maximum absolute atomic E-state index is 12.2. The number of nitrogens with one attached hydrogen (secondary N) is 3. The van der Waals surface area contributed by atoms with Crippen LogP contribution in [0.4, 0.5) is 0 Å². The van der Waals surface area contributed by atoms with Crippen LogP contribution in [-0.2, 0) is 16.0 Å². The number of para-hydroxylation sites is 1. The fourth-order valence-corrected chi connectivity index (χ4v) is 3.89. The molecule has 3 aromatic rings. The Bertz CT molecular complexity index is 1350. The summed E-state index contributed by atoms with van der Waals surface area (Å²) < 4.78 is 5.33. The number of aromatic nitrogens is 3. The van der Waals surface area contributed by atoms with Crippen LogP contribution < -0.4 is 10.6 Å². The zero-order chi connectivity index (χ0) is 23.3. The van der Waals surface area contributed by atoms with Crippen molar-refractivity contribution in [2.24, 2.45) is 16.1 Å². The number of carbonyl (C=O) groups is 2. The van der Waals surface area contributed by atoms with Crippen LogP contribution in [0.25, 0.3) is 22.3 Å². The molecule has 34 heavy (non-hydrogen) atoms. The molecule has 0 bridgehead atoms. The van der Waals surface area contributed by atoms with E-state index in [2.05, 4.69) is 36.0 Å². The SMILES string of the molecule is O=C(CCc1nc(-c2c[nH]c3ccccc23)no1)NCCCNC1=C2C=CC=CC2C(=O)N=N1. The minimum Gasteiger partial charge on any atom is -0.368 e. The van der Waals surface area contributed by atoms with E-state index in [1.54, 1.807) is 0 Å². The Morgan fingerprint density at radius 2 is 2.06 bits per heavy atom. The van der Waals surface area contributed by atoms with Gasteiger partial charge in [-0.15, -0.1) is 10.2 Å². The van der Waals surface area contributed by atoms with Gasteiger partial charge in [-0.05, 0) is 12.5 Å². The highest BCUT2D eigenvalue weighted by Gasteiger charge is 2.26. The predicted molar refractivity (Wildman–Crippen MR) is 124 cm³/mol. The van der Waals surface area contributed by atoms with Crippen LogP contribution in [0.3, 0.4) is 0 Å². The molecule has 0 spiro atoms. The van der Waals surface area contributed by atoms with Crippen molar-refractivity contribution in [2.75, 3.05) is 13.1 Å². The highest BCUT2D eigenvalue weighted by Crippen LogP contribution is 2.27. The molecule has 2 aromatic heterocycles. The van der Waals surface area contributed by atoms with Gasteiger partial charge in [0, 0.05) is 54.2 Å². The Hall–Kier alpha value is -4.34. The van der Waals surface area contributed by atoms with Gasteiger partial charge in [-0.3, -0.25) is 9.59 Å². The maximum Gasteiger partial charge on any atom is 0.276 e. The number of rotatable bonds is 9. The molecule has 0 saturated heterocycles. The Morgan fingerprint density at radius 1 is 1.15 bits per heavy atom. The van der Waals surface area contributed by atoms with Crippen molar-refractivity contribution in [1.29, 1.82) is 0 Å². The monoisotopic (exact) mass is 457 g/mol. The lowest BCUT2D eigenvalue weighted by Gasteiger charge is -2.20. The van der Waals surface area contributed by atoms with Crippen LogP contribution in [0.15, 0.2) is 80.9 Å². The molecular formula is C24H23N7O3. The van der Waals surface area contributed by atoms with Crippen LogP contribution in [0.5, 0.6) is 0 Å². The summed E-state index contributed by atoms with van der Waals surface area (Å²) in [5, 5.41) is 18.8. The molecule has 3 heterocycles. The molecule has 1 aromatic carbocycles. The zero-order valence-corrected chi connectivity index (χ0v) is 18.3. The van der Waals surface area contributed by atoms with Gasteiger partial charge in [0.05, 0.1) is 5.92 Å². The number of H-pyrrole nitrogens is 1. The molecule has 1 aliphatic carbocycles. The van der Waals surface area contributed by atoms with Crippen LogP contribution >= 0.6 is 0 Å². The van der Waals surface area contributed by atoms with E-state index in [1.165, 1.54) is 0 Å². The van der Waals surface area contributed by atoms with Crippen LogP contribution in [0.2, 0.25) is 0 Å². The standard InChI is InChI=1S/C24H23N7O3/c32-20(25-12-5-13-26-22-16-7-1-2-8-17(16)24(33)30-29-22)10-11-21-28-23(31-34-21)18-14-27-19-9-4-3-6-15(18)19/h1-4,6-9,14,17,26-27H,5,10-13H2,(H,25,32). The molecule has 172 valence electrons. The Kier molecular flexibility index (Phi) is 6.11. The Labute approximate surface area is 194 Å². The second-order valence-electron chi connectivity index (χ2n) is 7.95. The first-order chi connectivity index (χ1) is 16.7. The van der Waals surface area contributed by atoms with E-state index in [1.807, 2.05) is 54.8 Å². The van der Waals surface area contributed by atoms with Gasteiger partial charge in [-0.1, -0.05) is 47.7 Å². The van der Waals surface area contributed by atoms with Gasteiger partial charge in [-0.2, -0.15) is 4.98 Å². The van der Waals surface area contributed by atoms with Gasteiger partial charge >= 0.3 is 0 Å². The fourth-order valence-electron chi connectivity index (χ4n) is 3.89. The molecule has 0 fully saturated rings. The van der Waals surface area contributed by atoms with Crippen molar-refractivity contribution in [3.05, 3.63) is 72.1 Å². The average Bonchev–Trinajstić information content (AvgIpc) is 3.51. The molecule has 10 heteroatoms. The van der Waals surface area contributed by atoms with Crippen molar-refractivity contribution < 1.29 is 14.1 Å². The second kappa shape index (κ2) is 9.65. The number of nitrogens with zero attached hydrogens (tertiary/aromatic N) is 4. The molecule has 2 aliphatic rings. The molecule has 2 amide bonds. The third-order valence-corrected chi connectivity index (χ3v) is 5.65. The number of amides is 2. The lowest BCUT2D eigenvalue weighted by atomic mass is 9.93. The molecule has 3 N–H and O–H groups in total. The highest BCUT2D eigenvalue weighted by atomic mass is 16.5. The summed E-state index contributed by atoms with van der Waals surface area (Å²) in [6, 6.07) is 7.90. The molecule has 1 unspecified atom stereocenters. The number of hydrogen-bond donors (Lipinski definition) is 3. The van der Waals surface area contributed by atoms with E-state index in [0.717, 1.165) is 22.0 Å². The van der Waals surface area contributed by atoms with Crippen molar-refractivity contribution in [2.45, 2.75) is 19.3 Å². The summed E-state index contributed by atoms with van der Waals surface area (Å²) in [7, 11) is 0. The van der Waals surface area contributed by atoms with Crippen molar-refractivity contribution in [1.82, 2.24) is 25.8 Å². The Balaban J connectivity index is 1.05. The van der Waals surface area contributed by atoms with E-state index in [9.17, 15) is 9.59 Å². The van der Waals surface area contributed by atoms with Gasteiger partial charge in [0.15, 0.2) is 5.82 Å². The van der Waals surface area contributed by atoms with E-state index in [4.69, 9.17) is 4.52 Å². The van der Waals surface area contributed by atoms with Crippen LogP contribution in [0.1, 0.15) is 18.7 Å². The van der Waals surface area contributed by atoms with Gasteiger partial charge in [-0.25, -0.2) is 0 Å². The molecule has 0 radical (unpaired) electrons. The van der Waals surface area contributed by atoms with Gasteiger partial charge in [0.25, 0.3) is 5.91 Å². The van der Waals surface area contributed by atoms with Gasteiger partial charge in [0.2, 0.25) is 17.6 Å². The number of aromatic amines is 1. The van der Waals surface area contributed by atoms with E-state index >= 15 is 0 Å². The molecular weight excluding hydrogens is 434 g/mol. The van der Waals surface area contributed by atoms with Crippen LogP contribution in [0, 0.1) is 5.92 Å². The molecule has 10 nitrogen and oxygen atoms in total. The maximum atomic E-state index is 12.2. The number of aryl methyl sites for hydroxylation is 1. The molecule has 0 saturated carbocycles. The van der Waals surface area contributed by atoms with Crippen molar-refractivity contribution in [3.8, 4) is 11.4 Å². The Morgan fingerprint density at radius 3 is 3.00 bits per heavy atom. The number of carbonyl (C=O) groups excluding carboxylic acids is 2. The lowest BCUT2D eigenvalue weighted by molar-refractivity contribution is -0.121. The summed E-state index contributed by atoms with van der Waals surface area (Å²) in [5.74, 6) is 0.804. The number of fused-ring (bicyclic) bond motifs is 2. The smallest absolute Gasteiger partial charge is 0.276 e. The minimum absolute atomic E-state index is 0.0859. The van der Waals surface area contributed by atoms with Gasteiger partial charge in [0.1, 0.15) is 0 Å². The average molecular weight is 457 g/mol. The lowest BCUT2D eigenvalue weighted by Crippen LogP contribution is -2.28. The van der Waals surface area contributed by atoms with E-state index in [0.29, 0.717) is 43.5 Å². The topological polar surface area (TPSA) is 138 Å². The minimum atomic E-state index is -0.370. The largest absolute Gasteiger partial charge is 0.368 e. The number of hydrogen-bond acceptors (Lipinski definition) is 7. The van der Waals surface area contributed by atoms with Gasteiger partial charge < -0.3 is 20.1 Å². The first-order valence-electron chi connectivity index (χ1n) is 11.1. The summed E-state index contributed by atoms with van der Waals surface area (Å²) in [6.45, 7) is 1.10. The quantitative estimate of drug-likeness (QED) is 0.422. The number of azo groups is 1. The zero-order valence-electron chi connectivity index (χ0n) is 18.3. The normalized spacial score (nSPS) is 16.8.